The van der Waals surface area contributed by atoms with Crippen molar-refractivity contribution >= 4 is 23.6 Å². The second kappa shape index (κ2) is 8.36. The summed E-state index contributed by atoms with van der Waals surface area (Å²) in [5.41, 5.74) is 1.02. The molecule has 5 rings (SSSR count). The summed E-state index contributed by atoms with van der Waals surface area (Å²) in [6, 6.07) is 4.27. The van der Waals surface area contributed by atoms with Crippen LogP contribution >= 0.6 is 0 Å². The fourth-order valence-electron chi connectivity index (χ4n) is 5.01. The minimum Gasteiger partial charge on any atom is -0.378 e. The zero-order valence-corrected chi connectivity index (χ0v) is 17.7. The van der Waals surface area contributed by atoms with E-state index < -0.39 is 23.8 Å². The van der Waals surface area contributed by atoms with Crippen LogP contribution in [-0.2, 0) is 25.6 Å². The van der Waals surface area contributed by atoms with Crippen molar-refractivity contribution in [2.24, 2.45) is 0 Å². The lowest BCUT2D eigenvalue weighted by molar-refractivity contribution is -0.136. The van der Waals surface area contributed by atoms with Gasteiger partial charge in [0.2, 0.25) is 11.8 Å². The van der Waals surface area contributed by atoms with E-state index in [-0.39, 0.29) is 24.3 Å². The molecule has 1 aromatic rings. The Morgan fingerprint density at radius 1 is 1.06 bits per heavy atom. The lowest BCUT2D eigenvalue weighted by Gasteiger charge is -2.46. The maximum absolute atomic E-state index is 13.4. The Labute approximate surface area is 185 Å². The zero-order chi connectivity index (χ0) is 22.3. The van der Waals surface area contributed by atoms with Crippen molar-refractivity contribution < 1.29 is 28.7 Å². The van der Waals surface area contributed by atoms with Crippen molar-refractivity contribution in [2.75, 3.05) is 46.1 Å². The van der Waals surface area contributed by atoms with E-state index in [9.17, 15) is 19.2 Å². The number of carbonyl (C=O) groups excluding carboxylic acids is 4. The van der Waals surface area contributed by atoms with Gasteiger partial charge in [-0.25, -0.2) is 0 Å². The third-order valence-electron chi connectivity index (χ3n) is 6.71. The van der Waals surface area contributed by atoms with Gasteiger partial charge in [-0.3, -0.25) is 34.3 Å². The molecular weight excluding hydrogens is 416 g/mol. The van der Waals surface area contributed by atoms with Gasteiger partial charge in [-0.05, 0) is 18.1 Å². The lowest BCUT2D eigenvalue weighted by Crippen LogP contribution is -2.63. The number of piperidine rings is 1. The second-order valence-corrected chi connectivity index (χ2v) is 8.71. The number of fused-ring (bicyclic) bond motifs is 1. The van der Waals surface area contributed by atoms with Gasteiger partial charge in [0.05, 0.1) is 43.1 Å². The quantitative estimate of drug-likeness (QED) is 0.589. The molecule has 0 aliphatic carbocycles. The number of ether oxygens (including phenoxy) is 2. The minimum atomic E-state index is -0.970. The van der Waals surface area contributed by atoms with Crippen LogP contribution in [0.15, 0.2) is 18.2 Å². The largest absolute Gasteiger partial charge is 0.378 e. The maximum Gasteiger partial charge on any atom is 0.262 e. The van der Waals surface area contributed by atoms with Gasteiger partial charge in [0.15, 0.2) is 0 Å². The predicted molar refractivity (Wildman–Crippen MR) is 111 cm³/mol. The van der Waals surface area contributed by atoms with Gasteiger partial charge in [0.25, 0.3) is 11.8 Å². The molecule has 1 aromatic carbocycles. The van der Waals surface area contributed by atoms with Crippen molar-refractivity contribution in [3.63, 3.8) is 0 Å². The third kappa shape index (κ3) is 3.53. The number of nitrogens with zero attached hydrogens (tertiary/aromatic N) is 2. The molecule has 0 aromatic heterocycles. The molecule has 3 saturated heterocycles. The summed E-state index contributed by atoms with van der Waals surface area (Å²) < 4.78 is 11.6. The summed E-state index contributed by atoms with van der Waals surface area (Å²) in [6.07, 6.45) is 0.237. The topological polar surface area (TPSA) is 117 Å². The van der Waals surface area contributed by atoms with Crippen LogP contribution in [0, 0.1) is 0 Å². The highest BCUT2D eigenvalue weighted by atomic mass is 16.5. The van der Waals surface area contributed by atoms with Crippen molar-refractivity contribution in [2.45, 2.75) is 31.0 Å². The van der Waals surface area contributed by atoms with Crippen LogP contribution in [0.1, 0.15) is 39.1 Å². The fraction of sp³-hybridized carbons (Fsp3) is 0.545. The molecular formula is C22H26N4O6. The molecule has 10 heteroatoms. The van der Waals surface area contributed by atoms with Gasteiger partial charge in [-0.15, -0.1) is 0 Å². The number of benzene rings is 1. The Bertz CT molecular complexity index is 971. The van der Waals surface area contributed by atoms with Gasteiger partial charge < -0.3 is 14.8 Å². The van der Waals surface area contributed by atoms with Crippen molar-refractivity contribution in [3.8, 4) is 0 Å². The van der Waals surface area contributed by atoms with E-state index in [4.69, 9.17) is 9.47 Å². The summed E-state index contributed by atoms with van der Waals surface area (Å²) >= 11 is 0. The molecule has 4 aliphatic heterocycles. The molecule has 32 heavy (non-hydrogen) atoms. The monoisotopic (exact) mass is 442 g/mol. The van der Waals surface area contributed by atoms with Crippen LogP contribution in [0.3, 0.4) is 0 Å². The molecule has 0 saturated carbocycles. The van der Waals surface area contributed by atoms with Gasteiger partial charge in [0.1, 0.15) is 6.04 Å². The Kier molecular flexibility index (Phi) is 5.54. The van der Waals surface area contributed by atoms with Gasteiger partial charge in [-0.1, -0.05) is 12.1 Å². The van der Waals surface area contributed by atoms with Crippen LogP contribution in [0.2, 0.25) is 0 Å². The summed E-state index contributed by atoms with van der Waals surface area (Å²) in [5, 5.41) is 5.63. The van der Waals surface area contributed by atoms with Crippen molar-refractivity contribution in [1.82, 2.24) is 20.4 Å². The number of amides is 4. The first-order valence-electron chi connectivity index (χ1n) is 10.9. The first-order valence-corrected chi connectivity index (χ1v) is 10.9. The van der Waals surface area contributed by atoms with Gasteiger partial charge in [0, 0.05) is 32.6 Å². The minimum absolute atomic E-state index is 0.0972. The highest BCUT2D eigenvalue weighted by Gasteiger charge is 2.47. The standard InChI is InChI=1S/C22H26N4O6/c27-17-5-4-16(19(28)24-17)26-20(29)15-3-1-2-14(18(15)21(26)30)10-25-7-9-32-13-22(25)11-23-6-8-31-12-22/h1-3,16,23H,4-13H2,(H,24,27,28). The molecule has 2 N–H and O–H groups in total. The first-order chi connectivity index (χ1) is 15.5. The molecule has 1 spiro atoms. The van der Waals surface area contributed by atoms with Crippen molar-refractivity contribution in [3.05, 3.63) is 34.9 Å². The molecule has 4 amide bonds. The van der Waals surface area contributed by atoms with E-state index in [0.717, 1.165) is 17.0 Å². The first kappa shape index (κ1) is 21.2. The molecule has 2 atom stereocenters. The number of hydrogen-bond donors (Lipinski definition) is 2. The number of carbonyl (C=O) groups is 4. The van der Waals surface area contributed by atoms with Crippen molar-refractivity contribution in [1.29, 1.82) is 0 Å². The molecule has 3 fully saturated rings. The fourth-order valence-corrected chi connectivity index (χ4v) is 5.01. The summed E-state index contributed by atoms with van der Waals surface area (Å²) in [5.74, 6) is -1.96. The van der Waals surface area contributed by atoms with E-state index in [2.05, 4.69) is 15.5 Å². The Morgan fingerprint density at radius 2 is 1.88 bits per heavy atom. The van der Waals surface area contributed by atoms with Crippen LogP contribution in [0.5, 0.6) is 0 Å². The Hall–Kier alpha value is -2.66. The molecule has 4 heterocycles. The predicted octanol–water partition coefficient (Wildman–Crippen LogP) is -0.721. The van der Waals surface area contributed by atoms with Crippen LogP contribution in [0.25, 0.3) is 0 Å². The number of imide groups is 2. The van der Waals surface area contributed by atoms with E-state index in [0.29, 0.717) is 57.2 Å². The smallest absolute Gasteiger partial charge is 0.262 e. The van der Waals surface area contributed by atoms with E-state index in [1.165, 1.54) is 0 Å². The molecule has 4 aliphatic rings. The highest BCUT2D eigenvalue weighted by molar-refractivity contribution is 6.24. The number of morpholine rings is 1. The van der Waals surface area contributed by atoms with Gasteiger partial charge in [-0.2, -0.15) is 0 Å². The Morgan fingerprint density at radius 3 is 2.69 bits per heavy atom. The average Bonchev–Trinajstić information content (AvgIpc) is 2.92. The summed E-state index contributed by atoms with van der Waals surface area (Å²) in [4.78, 5) is 53.6. The zero-order valence-electron chi connectivity index (χ0n) is 17.7. The van der Waals surface area contributed by atoms with E-state index in [1.807, 2.05) is 6.07 Å². The number of rotatable bonds is 3. The molecule has 10 nitrogen and oxygen atoms in total. The molecule has 170 valence electrons. The lowest BCUT2D eigenvalue weighted by atomic mass is 9.95. The van der Waals surface area contributed by atoms with E-state index >= 15 is 0 Å². The number of hydrogen-bond acceptors (Lipinski definition) is 8. The molecule has 0 radical (unpaired) electrons. The summed E-state index contributed by atoms with van der Waals surface area (Å²) in [7, 11) is 0. The SMILES string of the molecule is O=C1CCC(N2C(=O)c3cccc(CN4CCOCC45CNCCOC5)c3C2=O)C(=O)N1. The average molecular weight is 442 g/mol. The van der Waals surface area contributed by atoms with Crippen LogP contribution < -0.4 is 10.6 Å². The van der Waals surface area contributed by atoms with Crippen LogP contribution in [-0.4, -0.2) is 91.1 Å². The molecule has 0 bridgehead atoms. The maximum atomic E-state index is 13.4. The Balaban J connectivity index is 1.44. The summed E-state index contributed by atoms with van der Waals surface area (Å²) in [6.45, 7) is 4.85. The van der Waals surface area contributed by atoms with Gasteiger partial charge >= 0.3 is 0 Å². The third-order valence-corrected chi connectivity index (χ3v) is 6.71. The van der Waals surface area contributed by atoms with E-state index in [1.54, 1.807) is 12.1 Å². The van der Waals surface area contributed by atoms with Crippen LogP contribution in [0.4, 0.5) is 0 Å². The highest BCUT2D eigenvalue weighted by Crippen LogP contribution is 2.32. The molecule has 2 unspecified atom stereocenters. The normalized spacial score (nSPS) is 29.2. The second-order valence-electron chi connectivity index (χ2n) is 8.71. The number of nitrogens with one attached hydrogen (secondary N) is 2.